The molecule has 0 bridgehead atoms. The van der Waals surface area contributed by atoms with Crippen LogP contribution in [0.25, 0.3) is 5.69 Å². The molecule has 0 aliphatic rings. The van der Waals surface area contributed by atoms with Gasteiger partial charge in [-0.15, -0.1) is 0 Å². The smallest absolute Gasteiger partial charge is 0.238 e. The third-order valence-corrected chi connectivity index (χ3v) is 3.40. The Bertz CT molecular complexity index is 606. The number of benzene rings is 1. The summed E-state index contributed by atoms with van der Waals surface area (Å²) in [5, 5.41) is 8.20. The summed E-state index contributed by atoms with van der Waals surface area (Å²) in [6, 6.07) is 7.25. The Balaban J connectivity index is 1.97. The second kappa shape index (κ2) is 6.74. The second-order valence-electron chi connectivity index (χ2n) is 5.10. The Morgan fingerprint density at radius 3 is 2.67 bits per heavy atom. The minimum Gasteiger partial charge on any atom is -0.347 e. The zero-order valence-corrected chi connectivity index (χ0v) is 13.1. The molecule has 1 heterocycles. The minimum absolute atomic E-state index is 0.0556. The highest BCUT2D eigenvalue weighted by Gasteiger charge is 2.14. The topological polar surface area (TPSA) is 50.2 Å². The summed E-state index contributed by atoms with van der Waals surface area (Å²) in [6.07, 6.45) is 3.72. The first-order valence-corrected chi connectivity index (χ1v) is 7.09. The maximum absolute atomic E-state index is 11.8. The molecule has 5 nitrogen and oxygen atoms in total. The van der Waals surface area contributed by atoms with E-state index in [9.17, 15) is 4.79 Å². The zero-order chi connectivity index (χ0) is 15.4. The van der Waals surface area contributed by atoms with E-state index in [4.69, 9.17) is 11.6 Å². The normalized spacial score (nSPS) is 12.2. The maximum atomic E-state index is 11.8. The predicted octanol–water partition coefficient (Wildman–Crippen LogP) is 2.09. The number of hydrogen-bond acceptors (Lipinski definition) is 3. The zero-order valence-electron chi connectivity index (χ0n) is 12.4. The van der Waals surface area contributed by atoms with Gasteiger partial charge in [-0.3, -0.25) is 4.79 Å². The van der Waals surface area contributed by atoms with Gasteiger partial charge in [-0.05, 0) is 31.2 Å². The van der Waals surface area contributed by atoms with Gasteiger partial charge in [0.15, 0.2) is 0 Å². The van der Waals surface area contributed by atoms with Crippen LogP contribution in [-0.2, 0) is 11.3 Å². The van der Waals surface area contributed by atoms with E-state index in [-0.39, 0.29) is 11.9 Å². The van der Waals surface area contributed by atoms with Crippen molar-refractivity contribution >= 4 is 17.5 Å². The van der Waals surface area contributed by atoms with Crippen LogP contribution in [0.3, 0.4) is 0 Å². The molecule has 1 N–H and O–H groups in total. The van der Waals surface area contributed by atoms with Crippen molar-refractivity contribution in [2.75, 3.05) is 14.1 Å². The van der Waals surface area contributed by atoms with Gasteiger partial charge < -0.3 is 10.2 Å². The van der Waals surface area contributed by atoms with Gasteiger partial charge in [-0.1, -0.05) is 11.6 Å². The standard InChI is InChI=1S/C15H19ClN4O/c1-11(15(21)19(2)3)17-8-12-9-18-20(10-12)14-6-4-13(16)5-7-14/h4-7,9-11,17H,8H2,1-3H3/t11-/m0/s1. The molecule has 1 atom stereocenters. The number of nitrogens with zero attached hydrogens (tertiary/aromatic N) is 3. The van der Waals surface area contributed by atoms with Crippen molar-refractivity contribution in [2.45, 2.75) is 19.5 Å². The van der Waals surface area contributed by atoms with E-state index in [1.165, 1.54) is 0 Å². The first-order chi connectivity index (χ1) is 9.97. The quantitative estimate of drug-likeness (QED) is 0.920. The van der Waals surface area contributed by atoms with Gasteiger partial charge in [-0.25, -0.2) is 4.68 Å². The number of amides is 1. The number of rotatable bonds is 5. The highest BCUT2D eigenvalue weighted by molar-refractivity contribution is 6.30. The van der Waals surface area contributed by atoms with Gasteiger partial charge in [0.1, 0.15) is 0 Å². The first kappa shape index (κ1) is 15.5. The number of halogens is 1. The molecular formula is C15H19ClN4O. The molecule has 0 saturated heterocycles. The van der Waals surface area contributed by atoms with Crippen LogP contribution in [0.1, 0.15) is 12.5 Å². The SMILES string of the molecule is C[C@H](NCc1cnn(-c2ccc(Cl)cc2)c1)C(=O)N(C)C. The molecule has 0 spiro atoms. The van der Waals surface area contributed by atoms with Gasteiger partial charge in [0.2, 0.25) is 5.91 Å². The summed E-state index contributed by atoms with van der Waals surface area (Å²) in [5.41, 5.74) is 1.96. The fourth-order valence-corrected chi connectivity index (χ4v) is 2.06. The molecule has 0 aliphatic carbocycles. The fourth-order valence-electron chi connectivity index (χ4n) is 1.93. The molecule has 112 valence electrons. The highest BCUT2D eigenvalue weighted by atomic mass is 35.5. The Labute approximate surface area is 129 Å². The van der Waals surface area contributed by atoms with Crippen LogP contribution in [0.5, 0.6) is 0 Å². The minimum atomic E-state index is -0.223. The van der Waals surface area contributed by atoms with Crippen LogP contribution in [0, 0.1) is 0 Å². The largest absolute Gasteiger partial charge is 0.347 e. The van der Waals surface area contributed by atoms with E-state index in [0.717, 1.165) is 11.3 Å². The Morgan fingerprint density at radius 2 is 2.05 bits per heavy atom. The van der Waals surface area contributed by atoms with Crippen molar-refractivity contribution in [2.24, 2.45) is 0 Å². The number of carbonyl (C=O) groups excluding carboxylic acids is 1. The van der Waals surface area contributed by atoms with Crippen molar-refractivity contribution in [1.82, 2.24) is 20.0 Å². The molecule has 2 rings (SSSR count). The highest BCUT2D eigenvalue weighted by Crippen LogP contribution is 2.13. The van der Waals surface area contributed by atoms with Crippen LogP contribution in [0.2, 0.25) is 5.02 Å². The van der Waals surface area contributed by atoms with E-state index in [1.807, 2.05) is 37.4 Å². The second-order valence-corrected chi connectivity index (χ2v) is 5.54. The van der Waals surface area contributed by atoms with E-state index >= 15 is 0 Å². The summed E-state index contributed by atoms with van der Waals surface area (Å²) >= 11 is 5.87. The molecule has 21 heavy (non-hydrogen) atoms. The predicted molar refractivity (Wildman–Crippen MR) is 83.6 cm³/mol. The van der Waals surface area contributed by atoms with Gasteiger partial charge in [0, 0.05) is 37.4 Å². The van der Waals surface area contributed by atoms with Crippen molar-refractivity contribution in [3.05, 3.63) is 47.2 Å². The summed E-state index contributed by atoms with van der Waals surface area (Å²) in [7, 11) is 3.50. The lowest BCUT2D eigenvalue weighted by atomic mass is 10.2. The lowest BCUT2D eigenvalue weighted by molar-refractivity contribution is -0.130. The molecule has 0 saturated carbocycles. The lowest BCUT2D eigenvalue weighted by Gasteiger charge is -2.17. The Kier molecular flexibility index (Phi) is 4.98. The fraction of sp³-hybridized carbons (Fsp3) is 0.333. The Morgan fingerprint density at radius 1 is 1.38 bits per heavy atom. The van der Waals surface area contributed by atoms with Crippen LogP contribution in [-0.4, -0.2) is 40.7 Å². The third-order valence-electron chi connectivity index (χ3n) is 3.15. The van der Waals surface area contributed by atoms with Crippen LogP contribution in [0.15, 0.2) is 36.7 Å². The molecule has 0 aliphatic heterocycles. The third kappa shape index (κ3) is 4.06. The molecule has 2 aromatic rings. The van der Waals surface area contributed by atoms with Gasteiger partial charge in [0.05, 0.1) is 17.9 Å². The van der Waals surface area contributed by atoms with Gasteiger partial charge >= 0.3 is 0 Å². The summed E-state index contributed by atoms with van der Waals surface area (Å²) in [6.45, 7) is 2.44. The number of aromatic nitrogens is 2. The van der Waals surface area contributed by atoms with Crippen LogP contribution in [0.4, 0.5) is 0 Å². The summed E-state index contributed by atoms with van der Waals surface area (Å²) < 4.78 is 1.78. The Hall–Kier alpha value is -1.85. The average Bonchev–Trinajstić information content (AvgIpc) is 2.93. The van der Waals surface area contributed by atoms with Crippen molar-refractivity contribution in [1.29, 1.82) is 0 Å². The average molecular weight is 307 g/mol. The molecule has 6 heteroatoms. The summed E-state index contributed by atoms with van der Waals surface area (Å²) in [5.74, 6) is 0.0556. The molecule has 0 radical (unpaired) electrons. The van der Waals surface area contributed by atoms with Gasteiger partial charge in [-0.2, -0.15) is 5.10 Å². The number of likely N-dealkylation sites (N-methyl/N-ethyl adjacent to an activating group) is 1. The van der Waals surface area contributed by atoms with Crippen molar-refractivity contribution in [3.63, 3.8) is 0 Å². The van der Waals surface area contributed by atoms with Gasteiger partial charge in [0.25, 0.3) is 0 Å². The van der Waals surface area contributed by atoms with E-state index in [1.54, 1.807) is 29.9 Å². The van der Waals surface area contributed by atoms with E-state index in [2.05, 4.69) is 10.4 Å². The van der Waals surface area contributed by atoms with E-state index in [0.29, 0.717) is 11.6 Å². The summed E-state index contributed by atoms with van der Waals surface area (Å²) in [4.78, 5) is 13.3. The van der Waals surface area contributed by atoms with Crippen molar-refractivity contribution < 1.29 is 4.79 Å². The lowest BCUT2D eigenvalue weighted by Crippen LogP contribution is -2.41. The number of carbonyl (C=O) groups is 1. The number of nitrogens with one attached hydrogen (secondary N) is 1. The van der Waals surface area contributed by atoms with Crippen molar-refractivity contribution in [3.8, 4) is 5.69 Å². The first-order valence-electron chi connectivity index (χ1n) is 6.71. The number of hydrogen-bond donors (Lipinski definition) is 1. The molecule has 1 amide bonds. The van der Waals surface area contributed by atoms with E-state index < -0.39 is 0 Å². The molecule has 0 fully saturated rings. The molecule has 0 unspecified atom stereocenters. The van der Waals surface area contributed by atoms with Crippen LogP contribution >= 0.6 is 11.6 Å². The molecular weight excluding hydrogens is 288 g/mol. The monoisotopic (exact) mass is 306 g/mol. The van der Waals surface area contributed by atoms with Crippen LogP contribution < -0.4 is 5.32 Å². The maximum Gasteiger partial charge on any atom is 0.238 e. The molecule has 1 aromatic carbocycles. The molecule has 1 aromatic heterocycles.